The largest absolute Gasteiger partial charge is 0.495 e. The van der Waals surface area contributed by atoms with Gasteiger partial charge in [0.05, 0.1) is 13.7 Å². The second kappa shape index (κ2) is 8.13. The third kappa shape index (κ3) is 4.70. The maximum Gasteiger partial charge on any atom is 0.266 e. The highest BCUT2D eigenvalue weighted by Crippen LogP contribution is 2.28. The topological polar surface area (TPSA) is 102 Å². The number of nitrogens with one attached hydrogen (secondary N) is 2. The average molecular weight is 373 g/mol. The summed E-state index contributed by atoms with van der Waals surface area (Å²) in [5, 5.41) is 11.0. The van der Waals surface area contributed by atoms with E-state index in [9.17, 15) is 8.42 Å². The van der Waals surface area contributed by atoms with Crippen LogP contribution in [0.1, 0.15) is 0 Å². The van der Waals surface area contributed by atoms with Gasteiger partial charge in [-0.25, -0.2) is 8.42 Å². The molecule has 0 saturated heterocycles. The first-order chi connectivity index (χ1) is 11.5. The highest BCUT2D eigenvalue weighted by Gasteiger charge is 2.21. The maximum absolute atomic E-state index is 12.5. The van der Waals surface area contributed by atoms with Crippen molar-refractivity contribution in [3.05, 3.63) is 35.4 Å². The van der Waals surface area contributed by atoms with E-state index in [1.54, 1.807) is 19.2 Å². The Hall–Kier alpha value is -2.10. The van der Waals surface area contributed by atoms with Crippen LogP contribution in [0.25, 0.3) is 0 Å². The summed E-state index contributed by atoms with van der Waals surface area (Å²) >= 11 is 5.87. The van der Waals surface area contributed by atoms with E-state index in [1.165, 1.54) is 25.3 Å². The molecule has 8 nitrogen and oxygen atoms in total. The molecule has 24 heavy (non-hydrogen) atoms. The lowest BCUT2D eigenvalue weighted by Gasteiger charge is -2.11. The molecule has 0 spiro atoms. The minimum Gasteiger partial charge on any atom is -0.495 e. The zero-order valence-electron chi connectivity index (χ0n) is 13.1. The van der Waals surface area contributed by atoms with Crippen molar-refractivity contribution in [1.82, 2.24) is 10.2 Å². The monoisotopic (exact) mass is 372 g/mol. The van der Waals surface area contributed by atoms with Crippen molar-refractivity contribution in [2.75, 3.05) is 37.4 Å². The summed E-state index contributed by atoms with van der Waals surface area (Å²) in [5.74, 6) is 0.766. The minimum atomic E-state index is -3.91. The first-order valence-electron chi connectivity index (χ1n) is 6.89. The zero-order chi connectivity index (χ0) is 17.6. The van der Waals surface area contributed by atoms with E-state index < -0.39 is 10.0 Å². The van der Waals surface area contributed by atoms with Crippen molar-refractivity contribution < 1.29 is 17.9 Å². The Kier molecular flexibility index (Phi) is 6.18. The SMILES string of the molecule is COCCNc1ccc(NS(=O)(=O)c2cc(Cl)ccc2OC)nn1. The minimum absolute atomic E-state index is 0.0781. The fourth-order valence-corrected chi connectivity index (χ4v) is 3.24. The molecular formula is C14H17ClN4O4S. The van der Waals surface area contributed by atoms with Gasteiger partial charge < -0.3 is 14.8 Å². The van der Waals surface area contributed by atoms with Crippen LogP contribution < -0.4 is 14.8 Å². The van der Waals surface area contributed by atoms with Gasteiger partial charge in [-0.05, 0) is 30.3 Å². The van der Waals surface area contributed by atoms with Crippen molar-refractivity contribution in [1.29, 1.82) is 0 Å². The summed E-state index contributed by atoms with van der Waals surface area (Å²) < 4.78 is 37.3. The fourth-order valence-electron chi connectivity index (χ4n) is 1.82. The van der Waals surface area contributed by atoms with Crippen LogP contribution in [0.5, 0.6) is 5.75 Å². The molecule has 0 fully saturated rings. The molecule has 10 heteroatoms. The van der Waals surface area contributed by atoms with Crippen LogP contribution in [-0.2, 0) is 14.8 Å². The second-order valence-corrected chi connectivity index (χ2v) is 6.71. The van der Waals surface area contributed by atoms with E-state index in [1.807, 2.05) is 0 Å². The van der Waals surface area contributed by atoms with Crippen LogP contribution in [0.4, 0.5) is 11.6 Å². The van der Waals surface area contributed by atoms with Crippen LogP contribution in [0.15, 0.2) is 35.2 Å². The van der Waals surface area contributed by atoms with E-state index in [4.69, 9.17) is 21.1 Å². The van der Waals surface area contributed by atoms with Crippen LogP contribution in [0, 0.1) is 0 Å². The third-order valence-corrected chi connectivity index (χ3v) is 4.54. The van der Waals surface area contributed by atoms with Gasteiger partial charge in [0.1, 0.15) is 16.5 Å². The lowest BCUT2D eigenvalue weighted by Crippen LogP contribution is -2.16. The first-order valence-corrected chi connectivity index (χ1v) is 8.75. The van der Waals surface area contributed by atoms with E-state index in [2.05, 4.69) is 20.2 Å². The van der Waals surface area contributed by atoms with Crippen molar-refractivity contribution >= 4 is 33.3 Å². The van der Waals surface area contributed by atoms with E-state index in [0.29, 0.717) is 19.0 Å². The molecule has 0 bridgehead atoms. The summed E-state index contributed by atoms with van der Waals surface area (Å²) in [5.41, 5.74) is 0. The number of hydrogen-bond acceptors (Lipinski definition) is 7. The Morgan fingerprint density at radius 2 is 1.83 bits per heavy atom. The van der Waals surface area contributed by atoms with Gasteiger partial charge in [-0.2, -0.15) is 0 Å². The van der Waals surface area contributed by atoms with Gasteiger partial charge in [0.2, 0.25) is 0 Å². The van der Waals surface area contributed by atoms with Gasteiger partial charge in [-0.15, -0.1) is 10.2 Å². The van der Waals surface area contributed by atoms with Crippen LogP contribution in [0.2, 0.25) is 5.02 Å². The van der Waals surface area contributed by atoms with Crippen molar-refractivity contribution in [2.24, 2.45) is 0 Å². The predicted molar refractivity (Wildman–Crippen MR) is 91.2 cm³/mol. The number of hydrogen-bond donors (Lipinski definition) is 2. The molecule has 130 valence electrons. The molecule has 1 heterocycles. The van der Waals surface area contributed by atoms with Crippen LogP contribution in [0.3, 0.4) is 0 Å². The first kappa shape index (κ1) is 18.2. The van der Waals surface area contributed by atoms with E-state index in [-0.39, 0.29) is 21.5 Å². The number of benzene rings is 1. The molecule has 1 aromatic carbocycles. The maximum atomic E-state index is 12.5. The number of anilines is 2. The molecule has 1 aromatic heterocycles. The Morgan fingerprint density at radius 1 is 1.12 bits per heavy atom. The molecule has 0 atom stereocenters. The second-order valence-electron chi connectivity index (χ2n) is 4.62. The van der Waals surface area contributed by atoms with E-state index >= 15 is 0 Å². The summed E-state index contributed by atoms with van der Waals surface area (Å²) in [4.78, 5) is -0.0819. The molecular weight excluding hydrogens is 356 g/mol. The van der Waals surface area contributed by atoms with Gasteiger partial charge in [0.25, 0.3) is 10.0 Å². The number of ether oxygens (including phenoxy) is 2. The van der Waals surface area contributed by atoms with Crippen molar-refractivity contribution in [3.8, 4) is 5.75 Å². The Labute approximate surface area is 145 Å². The van der Waals surface area contributed by atoms with Crippen molar-refractivity contribution in [3.63, 3.8) is 0 Å². The molecule has 0 aliphatic rings. The highest BCUT2D eigenvalue weighted by atomic mass is 35.5. The summed E-state index contributed by atoms with van der Waals surface area (Å²) in [6.45, 7) is 1.08. The molecule has 2 rings (SSSR count). The number of nitrogens with zero attached hydrogens (tertiary/aromatic N) is 2. The zero-order valence-corrected chi connectivity index (χ0v) is 14.7. The van der Waals surface area contributed by atoms with Crippen molar-refractivity contribution in [2.45, 2.75) is 4.90 Å². The highest BCUT2D eigenvalue weighted by molar-refractivity contribution is 7.92. The Balaban J connectivity index is 2.16. The molecule has 0 amide bonds. The number of sulfonamides is 1. The molecule has 0 aliphatic carbocycles. The van der Waals surface area contributed by atoms with Crippen LogP contribution >= 0.6 is 11.6 Å². The summed E-state index contributed by atoms with van der Waals surface area (Å²) in [7, 11) is -0.945. The smallest absolute Gasteiger partial charge is 0.266 e. The summed E-state index contributed by atoms with van der Waals surface area (Å²) in [6.07, 6.45) is 0. The van der Waals surface area contributed by atoms with Gasteiger partial charge >= 0.3 is 0 Å². The standard InChI is InChI=1S/C14H17ClN4O4S/c1-22-8-7-16-13-5-6-14(18-17-13)19-24(20,21)12-9-10(15)3-4-11(12)23-2/h3-6,9H,7-8H2,1-2H3,(H,16,17)(H,18,19). The number of methoxy groups -OCH3 is 2. The number of halogens is 1. The quantitative estimate of drug-likeness (QED) is 0.683. The van der Waals surface area contributed by atoms with Gasteiger partial charge in [0.15, 0.2) is 5.82 Å². The molecule has 2 aromatic rings. The Morgan fingerprint density at radius 3 is 2.46 bits per heavy atom. The molecule has 0 saturated carbocycles. The number of aromatic nitrogens is 2. The number of rotatable bonds is 8. The lowest BCUT2D eigenvalue weighted by molar-refractivity contribution is 0.210. The van der Waals surface area contributed by atoms with E-state index in [0.717, 1.165) is 0 Å². The average Bonchev–Trinajstić information content (AvgIpc) is 2.56. The lowest BCUT2D eigenvalue weighted by atomic mass is 10.3. The molecule has 0 radical (unpaired) electrons. The molecule has 0 unspecified atom stereocenters. The normalized spacial score (nSPS) is 11.1. The van der Waals surface area contributed by atoms with Gasteiger partial charge in [-0.1, -0.05) is 11.6 Å². The molecule has 2 N–H and O–H groups in total. The van der Waals surface area contributed by atoms with Gasteiger partial charge in [-0.3, -0.25) is 4.72 Å². The van der Waals surface area contributed by atoms with Crippen LogP contribution in [-0.4, -0.2) is 46.0 Å². The molecule has 0 aliphatic heterocycles. The fraction of sp³-hybridized carbons (Fsp3) is 0.286. The predicted octanol–water partition coefficient (Wildman–Crippen LogP) is 2.00. The Bertz CT molecular complexity index is 784. The summed E-state index contributed by atoms with van der Waals surface area (Å²) in [6, 6.07) is 7.42. The third-order valence-electron chi connectivity index (χ3n) is 2.93. The van der Waals surface area contributed by atoms with Gasteiger partial charge in [0, 0.05) is 18.7 Å².